The van der Waals surface area contributed by atoms with Gasteiger partial charge in [-0.2, -0.15) is 0 Å². The molecule has 2 aliphatic rings. The van der Waals surface area contributed by atoms with Gasteiger partial charge in [0.2, 0.25) is 0 Å². The number of nitrogens with one attached hydrogen (secondary N) is 1. The summed E-state index contributed by atoms with van der Waals surface area (Å²) in [7, 11) is 0. The normalized spacial score (nSPS) is 25.8. The highest BCUT2D eigenvalue weighted by molar-refractivity contribution is 5.45. The first-order chi connectivity index (χ1) is 10.3. The minimum atomic E-state index is 0.283. The standard InChI is InChI=1S/C17H26N2O2/c1-2-21-16-7-3-5-13(17(16)20)12-18-14-8-10-19-9-4-6-15(19)11-14/h3,5,7,14-15,18,20H,2,4,6,8-12H2,1H3. The van der Waals surface area contributed by atoms with E-state index in [1.54, 1.807) is 0 Å². The monoisotopic (exact) mass is 290 g/mol. The molecule has 2 saturated heterocycles. The highest BCUT2D eigenvalue weighted by Gasteiger charge is 2.31. The molecule has 0 radical (unpaired) electrons. The Morgan fingerprint density at radius 2 is 2.24 bits per heavy atom. The molecule has 0 amide bonds. The van der Waals surface area contributed by atoms with Gasteiger partial charge in [-0.05, 0) is 51.8 Å². The number of benzene rings is 1. The lowest BCUT2D eigenvalue weighted by molar-refractivity contribution is 0.166. The number of rotatable bonds is 5. The lowest BCUT2D eigenvalue weighted by atomic mass is 9.97. The molecule has 0 aliphatic carbocycles. The molecule has 4 heteroatoms. The van der Waals surface area contributed by atoms with Gasteiger partial charge in [-0.25, -0.2) is 0 Å². The summed E-state index contributed by atoms with van der Waals surface area (Å²) in [6, 6.07) is 7.08. The van der Waals surface area contributed by atoms with E-state index in [9.17, 15) is 5.11 Å². The average molecular weight is 290 g/mol. The molecule has 2 N–H and O–H groups in total. The van der Waals surface area contributed by atoms with E-state index in [0.29, 0.717) is 24.9 Å². The van der Waals surface area contributed by atoms with Crippen LogP contribution in [0.2, 0.25) is 0 Å². The SMILES string of the molecule is CCOc1cccc(CNC2CCN3CCCC3C2)c1O. The number of nitrogens with zero attached hydrogens (tertiary/aromatic N) is 1. The van der Waals surface area contributed by atoms with Gasteiger partial charge in [-0.3, -0.25) is 0 Å². The molecule has 2 aliphatic heterocycles. The minimum Gasteiger partial charge on any atom is -0.504 e. The quantitative estimate of drug-likeness (QED) is 0.874. The molecule has 116 valence electrons. The molecule has 2 fully saturated rings. The molecule has 21 heavy (non-hydrogen) atoms. The Labute approximate surface area is 127 Å². The predicted octanol–water partition coefficient (Wildman–Crippen LogP) is 2.51. The maximum atomic E-state index is 10.2. The van der Waals surface area contributed by atoms with E-state index in [0.717, 1.165) is 11.6 Å². The third-order valence-corrected chi connectivity index (χ3v) is 4.78. The summed E-state index contributed by atoms with van der Waals surface area (Å²) in [5, 5.41) is 13.8. The van der Waals surface area contributed by atoms with Gasteiger partial charge >= 0.3 is 0 Å². The van der Waals surface area contributed by atoms with Crippen LogP contribution in [0.25, 0.3) is 0 Å². The number of phenols is 1. The molecule has 0 bridgehead atoms. The molecule has 0 saturated carbocycles. The second-order valence-electron chi connectivity index (χ2n) is 6.13. The number of ether oxygens (including phenoxy) is 1. The maximum Gasteiger partial charge on any atom is 0.162 e. The molecule has 3 rings (SSSR count). The van der Waals surface area contributed by atoms with Gasteiger partial charge in [0.15, 0.2) is 11.5 Å². The Morgan fingerprint density at radius 3 is 3.10 bits per heavy atom. The minimum absolute atomic E-state index is 0.283. The smallest absolute Gasteiger partial charge is 0.162 e. The van der Waals surface area contributed by atoms with E-state index < -0.39 is 0 Å². The highest BCUT2D eigenvalue weighted by Crippen LogP contribution is 2.31. The first kappa shape index (κ1) is 14.7. The number of para-hydroxylation sites is 1. The summed E-state index contributed by atoms with van der Waals surface area (Å²) in [5.41, 5.74) is 0.926. The first-order valence-electron chi connectivity index (χ1n) is 8.19. The van der Waals surface area contributed by atoms with Gasteiger partial charge in [0, 0.05) is 24.2 Å². The predicted molar refractivity (Wildman–Crippen MR) is 83.7 cm³/mol. The fourth-order valence-corrected chi connectivity index (χ4v) is 3.65. The van der Waals surface area contributed by atoms with E-state index in [4.69, 9.17) is 4.74 Å². The molecule has 2 atom stereocenters. The van der Waals surface area contributed by atoms with Gasteiger partial charge < -0.3 is 20.1 Å². The molecule has 1 aromatic rings. The van der Waals surface area contributed by atoms with E-state index in [-0.39, 0.29) is 5.75 Å². The average Bonchev–Trinajstić information content (AvgIpc) is 2.96. The lowest BCUT2D eigenvalue weighted by Crippen LogP contribution is -2.45. The fourth-order valence-electron chi connectivity index (χ4n) is 3.65. The summed E-state index contributed by atoms with van der Waals surface area (Å²) in [5.74, 6) is 0.868. The zero-order valence-corrected chi connectivity index (χ0v) is 12.8. The molecule has 1 aromatic carbocycles. The van der Waals surface area contributed by atoms with Crippen LogP contribution in [0, 0.1) is 0 Å². The summed E-state index contributed by atoms with van der Waals surface area (Å²) < 4.78 is 5.44. The van der Waals surface area contributed by atoms with Crippen molar-refractivity contribution in [2.24, 2.45) is 0 Å². The number of hydrogen-bond acceptors (Lipinski definition) is 4. The van der Waals surface area contributed by atoms with Crippen LogP contribution < -0.4 is 10.1 Å². The van der Waals surface area contributed by atoms with Crippen LogP contribution in [0.5, 0.6) is 11.5 Å². The van der Waals surface area contributed by atoms with E-state index >= 15 is 0 Å². The van der Waals surface area contributed by atoms with Crippen LogP contribution in [0.15, 0.2) is 18.2 Å². The first-order valence-corrected chi connectivity index (χ1v) is 8.19. The topological polar surface area (TPSA) is 44.7 Å². The number of aromatic hydroxyl groups is 1. The Kier molecular flexibility index (Phi) is 4.66. The van der Waals surface area contributed by atoms with Gasteiger partial charge in [0.1, 0.15) is 0 Å². The molecular formula is C17H26N2O2. The summed E-state index contributed by atoms with van der Waals surface area (Å²) in [6.07, 6.45) is 5.16. The summed E-state index contributed by atoms with van der Waals surface area (Å²) in [6.45, 7) is 5.72. The third kappa shape index (κ3) is 3.33. The van der Waals surface area contributed by atoms with Crippen LogP contribution in [0.1, 0.15) is 38.2 Å². The van der Waals surface area contributed by atoms with Crippen molar-refractivity contribution >= 4 is 0 Å². The van der Waals surface area contributed by atoms with Crippen LogP contribution in [0.4, 0.5) is 0 Å². The zero-order chi connectivity index (χ0) is 14.7. The van der Waals surface area contributed by atoms with Crippen molar-refractivity contribution in [3.05, 3.63) is 23.8 Å². The number of phenolic OH excluding ortho intramolecular Hbond substituents is 1. The molecule has 4 nitrogen and oxygen atoms in total. The van der Waals surface area contributed by atoms with Crippen LogP contribution in [-0.4, -0.2) is 41.8 Å². The van der Waals surface area contributed by atoms with Crippen molar-refractivity contribution in [2.75, 3.05) is 19.7 Å². The molecule has 0 spiro atoms. The van der Waals surface area contributed by atoms with Gasteiger partial charge in [0.05, 0.1) is 6.61 Å². The van der Waals surface area contributed by atoms with Crippen molar-refractivity contribution in [2.45, 2.75) is 51.2 Å². The van der Waals surface area contributed by atoms with Gasteiger partial charge in [-0.1, -0.05) is 12.1 Å². The second kappa shape index (κ2) is 6.67. The van der Waals surface area contributed by atoms with E-state index in [2.05, 4.69) is 10.2 Å². The van der Waals surface area contributed by atoms with Crippen LogP contribution >= 0.6 is 0 Å². The number of hydrogen-bond donors (Lipinski definition) is 2. The van der Waals surface area contributed by atoms with Gasteiger partial charge in [-0.15, -0.1) is 0 Å². The molecule has 2 heterocycles. The summed E-state index contributed by atoms with van der Waals surface area (Å²) >= 11 is 0. The van der Waals surface area contributed by atoms with Crippen molar-refractivity contribution in [3.8, 4) is 11.5 Å². The Bertz CT molecular complexity index is 478. The van der Waals surface area contributed by atoms with Gasteiger partial charge in [0.25, 0.3) is 0 Å². The Morgan fingerprint density at radius 1 is 1.33 bits per heavy atom. The van der Waals surface area contributed by atoms with Crippen molar-refractivity contribution in [1.82, 2.24) is 10.2 Å². The second-order valence-corrected chi connectivity index (χ2v) is 6.13. The maximum absolute atomic E-state index is 10.2. The van der Waals surface area contributed by atoms with E-state index in [1.165, 1.54) is 38.8 Å². The fraction of sp³-hybridized carbons (Fsp3) is 0.647. The molecular weight excluding hydrogens is 264 g/mol. The lowest BCUT2D eigenvalue weighted by Gasteiger charge is -2.35. The molecule has 2 unspecified atom stereocenters. The van der Waals surface area contributed by atoms with Crippen molar-refractivity contribution < 1.29 is 9.84 Å². The molecule has 0 aromatic heterocycles. The summed E-state index contributed by atoms with van der Waals surface area (Å²) in [4.78, 5) is 2.63. The largest absolute Gasteiger partial charge is 0.504 e. The highest BCUT2D eigenvalue weighted by atomic mass is 16.5. The van der Waals surface area contributed by atoms with Crippen LogP contribution in [-0.2, 0) is 6.54 Å². The number of fused-ring (bicyclic) bond motifs is 1. The zero-order valence-electron chi connectivity index (χ0n) is 12.8. The Balaban J connectivity index is 1.56. The third-order valence-electron chi connectivity index (χ3n) is 4.78. The van der Waals surface area contributed by atoms with Crippen molar-refractivity contribution in [1.29, 1.82) is 0 Å². The van der Waals surface area contributed by atoms with Crippen molar-refractivity contribution in [3.63, 3.8) is 0 Å². The Hall–Kier alpha value is -1.26. The van der Waals surface area contributed by atoms with E-state index in [1.807, 2.05) is 25.1 Å². The van der Waals surface area contributed by atoms with Crippen LogP contribution in [0.3, 0.4) is 0 Å². The number of piperidine rings is 1.